The van der Waals surface area contributed by atoms with Crippen LogP contribution in [0.1, 0.15) is 52.0 Å². The summed E-state index contributed by atoms with van der Waals surface area (Å²) in [5.74, 6) is -3.29. The van der Waals surface area contributed by atoms with Gasteiger partial charge in [0.25, 0.3) is 0 Å². The molecule has 208 valence electrons. The Hall–Kier alpha value is -3.22. The molecule has 12 heteroatoms. The third kappa shape index (κ3) is 11.6. The van der Waals surface area contributed by atoms with E-state index in [1.807, 2.05) is 13.8 Å². The number of carboxylic acids is 1. The molecule has 0 spiro atoms. The van der Waals surface area contributed by atoms with Gasteiger partial charge in [-0.25, -0.2) is 4.79 Å². The Balaban J connectivity index is 3.14. The molecule has 1 rings (SSSR count). The van der Waals surface area contributed by atoms with Crippen molar-refractivity contribution in [1.82, 2.24) is 16.0 Å². The average molecular weight is 524 g/mol. The van der Waals surface area contributed by atoms with Crippen molar-refractivity contribution in [3.63, 3.8) is 0 Å². The first-order valence-corrected chi connectivity index (χ1v) is 12.4. The van der Waals surface area contributed by atoms with Gasteiger partial charge in [-0.1, -0.05) is 26.0 Å². The summed E-state index contributed by atoms with van der Waals surface area (Å²) in [6.07, 6.45) is 0.356. The lowest BCUT2D eigenvalue weighted by molar-refractivity contribution is -0.142. The van der Waals surface area contributed by atoms with Crippen LogP contribution in [0.2, 0.25) is 0 Å². The van der Waals surface area contributed by atoms with E-state index in [0.29, 0.717) is 24.9 Å². The lowest BCUT2D eigenvalue weighted by Gasteiger charge is -2.26. The number of hydrogen-bond acceptors (Lipinski definition) is 8. The fourth-order valence-electron chi connectivity index (χ4n) is 3.56. The van der Waals surface area contributed by atoms with E-state index in [4.69, 9.17) is 11.5 Å². The lowest BCUT2D eigenvalue weighted by Crippen LogP contribution is -2.58. The smallest absolute Gasteiger partial charge is 0.326 e. The number of nitrogens with one attached hydrogen (secondary N) is 3. The van der Waals surface area contributed by atoms with Gasteiger partial charge in [0, 0.05) is 6.42 Å². The number of hydrogen-bond donors (Lipinski definition) is 8. The van der Waals surface area contributed by atoms with E-state index in [2.05, 4.69) is 16.0 Å². The second-order valence-corrected chi connectivity index (χ2v) is 9.57. The highest BCUT2D eigenvalue weighted by molar-refractivity contribution is 5.94. The summed E-state index contributed by atoms with van der Waals surface area (Å²) in [5.41, 5.74) is 11.8. The molecule has 0 saturated carbocycles. The summed E-state index contributed by atoms with van der Waals surface area (Å²) in [5, 5.41) is 36.4. The first-order chi connectivity index (χ1) is 17.3. The number of unbranched alkanes of at least 4 members (excludes halogenated alkanes) is 1. The Bertz CT molecular complexity index is 892. The predicted molar refractivity (Wildman–Crippen MR) is 137 cm³/mol. The number of carboxylic acid groups (broad SMARTS) is 1. The number of rotatable bonds is 16. The SMILES string of the molecule is CC(C)CC(NC(=O)C(N)C(C)O)C(=O)NC(Cc1ccc(O)cc1)C(=O)NC(CCCCN)C(=O)O. The van der Waals surface area contributed by atoms with E-state index in [9.17, 15) is 34.5 Å². The number of benzene rings is 1. The number of aliphatic hydroxyl groups is 1. The molecule has 0 heterocycles. The second-order valence-electron chi connectivity index (χ2n) is 9.57. The van der Waals surface area contributed by atoms with Gasteiger partial charge in [-0.3, -0.25) is 14.4 Å². The maximum Gasteiger partial charge on any atom is 0.326 e. The Morgan fingerprint density at radius 2 is 1.41 bits per heavy atom. The summed E-state index contributed by atoms with van der Waals surface area (Å²) >= 11 is 0. The van der Waals surface area contributed by atoms with Crippen molar-refractivity contribution in [2.45, 2.75) is 83.1 Å². The van der Waals surface area contributed by atoms with Crippen molar-refractivity contribution in [2.75, 3.05) is 6.54 Å². The Kier molecular flexibility index (Phi) is 13.6. The van der Waals surface area contributed by atoms with Gasteiger partial charge in [-0.05, 0) is 62.8 Å². The van der Waals surface area contributed by atoms with Gasteiger partial charge >= 0.3 is 5.97 Å². The van der Waals surface area contributed by atoms with Crippen molar-refractivity contribution in [2.24, 2.45) is 17.4 Å². The molecule has 0 aliphatic heterocycles. The van der Waals surface area contributed by atoms with Gasteiger partial charge in [0.15, 0.2) is 0 Å². The topological polar surface area (TPSA) is 217 Å². The average Bonchev–Trinajstić information content (AvgIpc) is 2.82. The standard InChI is InChI=1S/C25H41N5O7/c1-14(2)12-19(30-24(35)21(27)15(3)31)22(33)29-20(13-16-7-9-17(32)10-8-16)23(34)28-18(25(36)37)6-4-5-11-26/h7-10,14-15,18-21,31-32H,4-6,11-13,26-27H2,1-3H3,(H,28,34)(H,29,33)(H,30,35)(H,36,37). The molecule has 0 aliphatic rings. The highest BCUT2D eigenvalue weighted by Gasteiger charge is 2.31. The van der Waals surface area contributed by atoms with Crippen molar-refractivity contribution in [3.8, 4) is 5.75 Å². The third-order valence-corrected chi connectivity index (χ3v) is 5.73. The van der Waals surface area contributed by atoms with E-state index in [-0.39, 0.29) is 30.9 Å². The molecule has 12 nitrogen and oxygen atoms in total. The normalized spacial score (nSPS) is 15.2. The van der Waals surface area contributed by atoms with Crippen LogP contribution in [0.5, 0.6) is 5.75 Å². The summed E-state index contributed by atoms with van der Waals surface area (Å²) < 4.78 is 0. The molecule has 0 aromatic heterocycles. The Morgan fingerprint density at radius 1 is 0.865 bits per heavy atom. The lowest BCUT2D eigenvalue weighted by atomic mass is 10.00. The number of aliphatic hydroxyl groups excluding tert-OH is 1. The molecular weight excluding hydrogens is 482 g/mol. The highest BCUT2D eigenvalue weighted by Crippen LogP contribution is 2.13. The van der Waals surface area contributed by atoms with Gasteiger partial charge in [-0.15, -0.1) is 0 Å². The highest BCUT2D eigenvalue weighted by atomic mass is 16.4. The van der Waals surface area contributed by atoms with E-state index in [1.165, 1.54) is 19.1 Å². The van der Waals surface area contributed by atoms with E-state index >= 15 is 0 Å². The number of carbonyl (C=O) groups excluding carboxylic acids is 3. The number of carbonyl (C=O) groups is 4. The van der Waals surface area contributed by atoms with Crippen LogP contribution in [0.25, 0.3) is 0 Å². The van der Waals surface area contributed by atoms with Crippen LogP contribution in [-0.4, -0.2) is 75.8 Å². The van der Waals surface area contributed by atoms with Crippen LogP contribution in [0.4, 0.5) is 0 Å². The van der Waals surface area contributed by atoms with Gasteiger partial charge < -0.3 is 42.7 Å². The summed E-state index contributed by atoms with van der Waals surface area (Å²) in [6, 6.07) is 1.37. The van der Waals surface area contributed by atoms with Gasteiger partial charge in [0.2, 0.25) is 17.7 Å². The van der Waals surface area contributed by atoms with Crippen molar-refractivity contribution < 1.29 is 34.5 Å². The van der Waals surface area contributed by atoms with Crippen LogP contribution < -0.4 is 27.4 Å². The van der Waals surface area contributed by atoms with Crippen molar-refractivity contribution in [3.05, 3.63) is 29.8 Å². The fourth-order valence-corrected chi connectivity index (χ4v) is 3.56. The molecule has 3 amide bonds. The zero-order chi connectivity index (χ0) is 28.1. The second kappa shape index (κ2) is 15.8. The zero-order valence-electron chi connectivity index (χ0n) is 21.6. The molecule has 0 aliphatic carbocycles. The molecule has 10 N–H and O–H groups in total. The molecule has 1 aromatic carbocycles. The fraction of sp³-hybridized carbons (Fsp3) is 0.600. The van der Waals surface area contributed by atoms with Crippen LogP contribution >= 0.6 is 0 Å². The molecule has 0 bridgehead atoms. The molecule has 1 aromatic rings. The largest absolute Gasteiger partial charge is 0.508 e. The van der Waals surface area contributed by atoms with E-state index in [0.717, 1.165) is 0 Å². The predicted octanol–water partition coefficient (Wildman–Crippen LogP) is -0.643. The van der Waals surface area contributed by atoms with Crippen molar-refractivity contribution >= 4 is 23.7 Å². The number of phenolic OH excluding ortho intramolecular Hbond substituents is 1. The quantitative estimate of drug-likeness (QED) is 0.129. The number of amides is 3. The first-order valence-electron chi connectivity index (χ1n) is 12.4. The molecule has 5 unspecified atom stereocenters. The summed E-state index contributed by atoms with van der Waals surface area (Å²) in [4.78, 5) is 50.5. The molecule has 0 radical (unpaired) electrons. The molecule has 5 atom stereocenters. The van der Waals surface area contributed by atoms with E-state index in [1.54, 1.807) is 12.1 Å². The Labute approximate surface area is 217 Å². The van der Waals surface area contributed by atoms with Gasteiger partial charge in [0.1, 0.15) is 29.9 Å². The minimum atomic E-state index is -1.25. The molecule has 0 fully saturated rings. The number of nitrogens with two attached hydrogens (primary N) is 2. The summed E-state index contributed by atoms with van der Waals surface area (Å²) in [7, 11) is 0. The molecule has 37 heavy (non-hydrogen) atoms. The van der Waals surface area contributed by atoms with Gasteiger partial charge in [-0.2, -0.15) is 0 Å². The number of aliphatic carboxylic acids is 1. The molecule has 0 saturated heterocycles. The van der Waals surface area contributed by atoms with Crippen LogP contribution in [0.3, 0.4) is 0 Å². The monoisotopic (exact) mass is 523 g/mol. The number of aromatic hydroxyl groups is 1. The number of phenols is 1. The van der Waals surface area contributed by atoms with Gasteiger partial charge in [0.05, 0.1) is 6.10 Å². The first kappa shape index (κ1) is 31.8. The minimum absolute atomic E-state index is 0.00251. The summed E-state index contributed by atoms with van der Waals surface area (Å²) in [6.45, 7) is 5.44. The van der Waals surface area contributed by atoms with E-state index < -0.39 is 54.0 Å². The zero-order valence-corrected chi connectivity index (χ0v) is 21.6. The maximum absolute atomic E-state index is 13.2. The van der Waals surface area contributed by atoms with Crippen molar-refractivity contribution in [1.29, 1.82) is 0 Å². The molecular formula is C25H41N5O7. The minimum Gasteiger partial charge on any atom is -0.508 e. The van der Waals surface area contributed by atoms with Crippen LogP contribution in [0, 0.1) is 5.92 Å². The van der Waals surface area contributed by atoms with Crippen LogP contribution in [0.15, 0.2) is 24.3 Å². The third-order valence-electron chi connectivity index (χ3n) is 5.73. The van der Waals surface area contributed by atoms with Crippen LogP contribution in [-0.2, 0) is 25.6 Å². The Morgan fingerprint density at radius 3 is 1.92 bits per heavy atom. The maximum atomic E-state index is 13.2.